The SMILES string of the molecule is C[C@]12CCC3C(CC[C@@H]4C[C@@H](O)CC[C@]34C)[C@@]1(O)CC[C@]2(O)CCC=O. The summed E-state index contributed by atoms with van der Waals surface area (Å²) in [4.78, 5) is 10.9. The Morgan fingerprint density at radius 3 is 2.46 bits per heavy atom. The maximum atomic E-state index is 12.0. The molecule has 0 radical (unpaired) electrons. The summed E-state index contributed by atoms with van der Waals surface area (Å²) in [6.07, 6.45) is 9.68. The summed E-state index contributed by atoms with van der Waals surface area (Å²) in [6.45, 7) is 4.49. The number of rotatable bonds is 3. The fourth-order valence-corrected chi connectivity index (χ4v) is 8.02. The van der Waals surface area contributed by atoms with E-state index in [1.165, 1.54) is 0 Å². The van der Waals surface area contributed by atoms with Crippen LogP contribution >= 0.6 is 0 Å². The van der Waals surface area contributed by atoms with Crippen LogP contribution in [0.5, 0.6) is 0 Å². The lowest BCUT2D eigenvalue weighted by Gasteiger charge is -2.64. The highest BCUT2D eigenvalue weighted by atomic mass is 16.3. The molecule has 26 heavy (non-hydrogen) atoms. The summed E-state index contributed by atoms with van der Waals surface area (Å²) in [5.74, 6) is 1.29. The van der Waals surface area contributed by atoms with Crippen LogP contribution in [0, 0.1) is 28.6 Å². The van der Waals surface area contributed by atoms with Crippen LogP contribution in [0.15, 0.2) is 0 Å². The number of fused-ring (bicyclic) bond motifs is 5. The fourth-order valence-electron chi connectivity index (χ4n) is 8.02. The van der Waals surface area contributed by atoms with Crippen LogP contribution in [0.4, 0.5) is 0 Å². The molecule has 0 heterocycles. The summed E-state index contributed by atoms with van der Waals surface area (Å²) in [5.41, 5.74) is -2.05. The van der Waals surface area contributed by atoms with Crippen molar-refractivity contribution in [3.8, 4) is 0 Å². The molecule has 8 atom stereocenters. The van der Waals surface area contributed by atoms with Crippen molar-refractivity contribution in [1.82, 2.24) is 0 Å². The van der Waals surface area contributed by atoms with E-state index in [2.05, 4.69) is 13.8 Å². The Kier molecular flexibility index (Phi) is 4.38. The topological polar surface area (TPSA) is 77.8 Å². The standard InChI is InChI=1S/C22H36O4/c1-19-9-6-16(24)14-15(19)4-5-18-17(19)7-10-20(2)21(25,8-3-13-23)11-12-22(18,20)26/h13,15-18,24-26H,3-12,14H2,1-2H3/t15-,16+,17?,18?,19+,20-,21-,22+/m1/s1. The van der Waals surface area contributed by atoms with Gasteiger partial charge in [-0.1, -0.05) is 13.8 Å². The van der Waals surface area contributed by atoms with Crippen molar-refractivity contribution < 1.29 is 20.1 Å². The first kappa shape index (κ1) is 18.9. The Balaban J connectivity index is 1.65. The second-order valence-electron chi connectivity index (χ2n) is 10.5. The molecule has 3 N–H and O–H groups in total. The average molecular weight is 365 g/mol. The number of aliphatic hydroxyl groups is 3. The second-order valence-corrected chi connectivity index (χ2v) is 10.5. The molecule has 0 aromatic carbocycles. The van der Waals surface area contributed by atoms with Gasteiger partial charge in [0.15, 0.2) is 0 Å². The van der Waals surface area contributed by atoms with E-state index in [4.69, 9.17) is 0 Å². The van der Waals surface area contributed by atoms with Crippen molar-refractivity contribution in [3.05, 3.63) is 0 Å². The lowest BCUT2D eigenvalue weighted by Crippen LogP contribution is -2.65. The van der Waals surface area contributed by atoms with E-state index in [0.29, 0.717) is 37.5 Å². The third-order valence-corrected chi connectivity index (χ3v) is 9.81. The minimum Gasteiger partial charge on any atom is -0.393 e. The van der Waals surface area contributed by atoms with Crippen molar-refractivity contribution in [3.63, 3.8) is 0 Å². The molecule has 0 aromatic heterocycles. The number of aldehydes is 1. The molecule has 4 rings (SSSR count). The lowest BCUT2D eigenvalue weighted by atomic mass is 9.43. The summed E-state index contributed by atoms with van der Waals surface area (Å²) >= 11 is 0. The molecular formula is C22H36O4. The van der Waals surface area contributed by atoms with Gasteiger partial charge in [-0.2, -0.15) is 0 Å². The Bertz CT molecular complexity index is 578. The molecule has 148 valence electrons. The van der Waals surface area contributed by atoms with Crippen molar-refractivity contribution in [2.24, 2.45) is 28.6 Å². The molecule has 4 heteroatoms. The van der Waals surface area contributed by atoms with E-state index in [9.17, 15) is 20.1 Å². The Labute approximate surface area is 157 Å². The Morgan fingerprint density at radius 2 is 1.73 bits per heavy atom. The van der Waals surface area contributed by atoms with Crippen LogP contribution in [0.1, 0.15) is 84.5 Å². The minimum atomic E-state index is -0.922. The largest absolute Gasteiger partial charge is 0.393 e. The van der Waals surface area contributed by atoms with Crippen molar-refractivity contribution in [1.29, 1.82) is 0 Å². The van der Waals surface area contributed by atoms with E-state index in [-0.39, 0.29) is 17.4 Å². The number of carbonyl (C=O) groups is 1. The van der Waals surface area contributed by atoms with Crippen LogP contribution in [0.3, 0.4) is 0 Å². The summed E-state index contributed by atoms with van der Waals surface area (Å²) < 4.78 is 0. The number of hydrogen-bond acceptors (Lipinski definition) is 4. The quantitative estimate of drug-likeness (QED) is 0.672. The van der Waals surface area contributed by atoms with Crippen LogP contribution < -0.4 is 0 Å². The van der Waals surface area contributed by atoms with Crippen LogP contribution in [-0.2, 0) is 4.79 Å². The highest BCUT2D eigenvalue weighted by molar-refractivity contribution is 5.49. The van der Waals surface area contributed by atoms with Crippen molar-refractivity contribution >= 4 is 6.29 Å². The smallest absolute Gasteiger partial charge is 0.120 e. The van der Waals surface area contributed by atoms with Gasteiger partial charge in [-0.15, -0.1) is 0 Å². The van der Waals surface area contributed by atoms with Gasteiger partial charge in [-0.25, -0.2) is 0 Å². The molecule has 0 saturated heterocycles. The molecule has 4 aliphatic rings. The van der Waals surface area contributed by atoms with Crippen molar-refractivity contribution in [2.75, 3.05) is 0 Å². The van der Waals surface area contributed by atoms with Crippen molar-refractivity contribution in [2.45, 2.75) is 102 Å². The third-order valence-electron chi connectivity index (χ3n) is 9.81. The first-order valence-corrected chi connectivity index (χ1v) is 10.8. The van der Waals surface area contributed by atoms with E-state index >= 15 is 0 Å². The van der Waals surface area contributed by atoms with E-state index < -0.39 is 16.6 Å². The van der Waals surface area contributed by atoms with E-state index in [1.807, 2.05) is 0 Å². The third kappa shape index (κ3) is 2.28. The van der Waals surface area contributed by atoms with Crippen LogP contribution in [0.2, 0.25) is 0 Å². The zero-order valence-electron chi connectivity index (χ0n) is 16.4. The van der Waals surface area contributed by atoms with E-state index in [1.54, 1.807) is 0 Å². The van der Waals surface area contributed by atoms with Gasteiger partial charge in [0.2, 0.25) is 0 Å². The van der Waals surface area contributed by atoms with Gasteiger partial charge in [-0.3, -0.25) is 0 Å². The van der Waals surface area contributed by atoms with Gasteiger partial charge < -0.3 is 20.1 Å². The predicted octanol–water partition coefficient (Wildman–Crippen LogP) is 3.22. The van der Waals surface area contributed by atoms with E-state index in [0.717, 1.165) is 51.2 Å². The van der Waals surface area contributed by atoms with Gasteiger partial charge in [0, 0.05) is 11.8 Å². The number of carbonyl (C=O) groups excluding carboxylic acids is 1. The molecule has 0 amide bonds. The van der Waals surface area contributed by atoms with Crippen LogP contribution in [-0.4, -0.2) is 38.9 Å². The summed E-state index contributed by atoms with van der Waals surface area (Å²) in [6, 6.07) is 0. The predicted molar refractivity (Wildman–Crippen MR) is 99.4 cm³/mol. The highest BCUT2D eigenvalue weighted by Gasteiger charge is 2.71. The molecule has 4 nitrogen and oxygen atoms in total. The molecular weight excluding hydrogens is 328 g/mol. The molecule has 2 unspecified atom stereocenters. The van der Waals surface area contributed by atoms with Gasteiger partial charge in [0.25, 0.3) is 0 Å². The number of aliphatic hydroxyl groups excluding tert-OH is 1. The molecule has 0 aliphatic heterocycles. The van der Waals surface area contributed by atoms with Gasteiger partial charge >= 0.3 is 0 Å². The Morgan fingerprint density at radius 1 is 0.962 bits per heavy atom. The maximum absolute atomic E-state index is 12.0. The van der Waals surface area contributed by atoms with Crippen LogP contribution in [0.25, 0.3) is 0 Å². The maximum Gasteiger partial charge on any atom is 0.120 e. The molecule has 0 bridgehead atoms. The summed E-state index contributed by atoms with van der Waals surface area (Å²) in [5, 5.41) is 33.5. The van der Waals surface area contributed by atoms with Gasteiger partial charge in [-0.05, 0) is 87.4 Å². The molecule has 4 saturated carbocycles. The second kappa shape index (κ2) is 6.02. The molecule has 4 aliphatic carbocycles. The molecule has 0 aromatic rings. The normalized spacial score (nSPS) is 56.3. The Hall–Kier alpha value is -0.450. The zero-order valence-corrected chi connectivity index (χ0v) is 16.4. The average Bonchev–Trinajstić information content (AvgIpc) is 2.82. The minimum absolute atomic E-state index is 0.151. The fraction of sp³-hybridized carbons (Fsp3) is 0.955. The molecule has 4 fully saturated rings. The number of hydrogen-bond donors (Lipinski definition) is 3. The van der Waals surface area contributed by atoms with Gasteiger partial charge in [0.1, 0.15) is 6.29 Å². The zero-order chi connectivity index (χ0) is 18.8. The first-order valence-electron chi connectivity index (χ1n) is 10.8. The monoisotopic (exact) mass is 364 g/mol. The first-order chi connectivity index (χ1) is 12.2. The highest BCUT2D eigenvalue weighted by Crippen LogP contribution is 2.70. The molecule has 0 spiro atoms. The lowest BCUT2D eigenvalue weighted by molar-refractivity contribution is -0.236. The van der Waals surface area contributed by atoms with Gasteiger partial charge in [0.05, 0.1) is 17.3 Å². The summed E-state index contributed by atoms with van der Waals surface area (Å²) in [7, 11) is 0.